The third kappa shape index (κ3) is 2.90. The number of nitrogens with one attached hydrogen (secondary N) is 1. The van der Waals surface area contributed by atoms with E-state index >= 15 is 0 Å². The number of hydrogen-bond donors (Lipinski definition) is 2. The lowest BCUT2D eigenvalue weighted by Gasteiger charge is -2.09. The van der Waals surface area contributed by atoms with Gasteiger partial charge in [0.1, 0.15) is 4.32 Å². The van der Waals surface area contributed by atoms with Crippen LogP contribution in [-0.2, 0) is 0 Å². The molecule has 1 aliphatic heterocycles. The molecule has 1 rings (SSSR count). The summed E-state index contributed by atoms with van der Waals surface area (Å²) in [6, 6.07) is 0. The molecular weight excluding hydrogens is 190 g/mol. The van der Waals surface area contributed by atoms with Gasteiger partial charge in [0.15, 0.2) is 0 Å². The molecule has 1 aliphatic rings. The van der Waals surface area contributed by atoms with Crippen LogP contribution in [0.2, 0.25) is 0 Å². The van der Waals surface area contributed by atoms with Crippen LogP contribution in [0.1, 0.15) is 0 Å². The number of thiocarbonyl (C=S) groups is 1. The first-order valence-corrected chi connectivity index (χ1v) is 5.35. The van der Waals surface area contributed by atoms with Gasteiger partial charge in [0.2, 0.25) is 0 Å². The highest BCUT2D eigenvalue weighted by atomic mass is 32.2. The molecule has 12 heavy (non-hydrogen) atoms. The number of thioether (sulfide) groups is 1. The van der Waals surface area contributed by atoms with Gasteiger partial charge in [-0.1, -0.05) is 24.0 Å². The Hall–Kier alpha value is 0.160. The Labute approximate surface area is 83.1 Å². The van der Waals surface area contributed by atoms with E-state index < -0.39 is 0 Å². The molecule has 0 aromatic heterocycles. The molecule has 0 radical (unpaired) electrons. The highest BCUT2D eigenvalue weighted by molar-refractivity contribution is 8.23. The van der Waals surface area contributed by atoms with Gasteiger partial charge < -0.3 is 16.0 Å². The standard InChI is InChI=1S/C7H15N3S2/c1-10-5-6(12-7(10)11)4-9-3-2-8/h6,9H,2-5,8H2,1H3. The van der Waals surface area contributed by atoms with Crippen LogP contribution in [0.3, 0.4) is 0 Å². The van der Waals surface area contributed by atoms with E-state index in [0.29, 0.717) is 11.8 Å². The summed E-state index contributed by atoms with van der Waals surface area (Å²) in [5.41, 5.74) is 5.36. The normalized spacial score (nSPS) is 23.7. The molecule has 70 valence electrons. The molecule has 1 heterocycles. The molecule has 3 nitrogen and oxygen atoms in total. The minimum absolute atomic E-state index is 0.606. The van der Waals surface area contributed by atoms with Crippen molar-refractivity contribution in [3.63, 3.8) is 0 Å². The fourth-order valence-electron chi connectivity index (χ4n) is 1.12. The van der Waals surface area contributed by atoms with Gasteiger partial charge >= 0.3 is 0 Å². The number of hydrogen-bond acceptors (Lipinski definition) is 4. The molecule has 0 amide bonds. The maximum absolute atomic E-state index is 5.36. The second-order valence-corrected chi connectivity index (χ2v) is 4.81. The molecule has 1 fully saturated rings. The van der Waals surface area contributed by atoms with Crippen LogP contribution in [-0.4, -0.2) is 47.7 Å². The zero-order valence-corrected chi connectivity index (χ0v) is 8.88. The average Bonchev–Trinajstić information content (AvgIpc) is 2.32. The van der Waals surface area contributed by atoms with Crippen LogP contribution in [0.4, 0.5) is 0 Å². The van der Waals surface area contributed by atoms with Crippen molar-refractivity contribution < 1.29 is 0 Å². The molecule has 0 saturated carbocycles. The molecular formula is C7H15N3S2. The third-order valence-electron chi connectivity index (χ3n) is 1.75. The van der Waals surface area contributed by atoms with Crippen LogP contribution in [0.5, 0.6) is 0 Å². The monoisotopic (exact) mass is 205 g/mol. The van der Waals surface area contributed by atoms with E-state index in [-0.39, 0.29) is 0 Å². The van der Waals surface area contributed by atoms with Crippen molar-refractivity contribution in [2.75, 3.05) is 33.2 Å². The second-order valence-electron chi connectivity index (χ2n) is 2.88. The third-order valence-corrected chi connectivity index (χ3v) is 3.51. The quantitative estimate of drug-likeness (QED) is 0.494. The molecule has 0 bridgehead atoms. The van der Waals surface area contributed by atoms with Gasteiger partial charge in [0.25, 0.3) is 0 Å². The first-order chi connectivity index (χ1) is 5.74. The summed E-state index contributed by atoms with van der Waals surface area (Å²) in [5, 5.41) is 3.89. The van der Waals surface area contributed by atoms with Crippen molar-refractivity contribution in [3.8, 4) is 0 Å². The van der Waals surface area contributed by atoms with Crippen LogP contribution in [0.25, 0.3) is 0 Å². The van der Waals surface area contributed by atoms with Crippen molar-refractivity contribution in [1.29, 1.82) is 0 Å². The smallest absolute Gasteiger partial charge is 0.136 e. The highest BCUT2D eigenvalue weighted by Crippen LogP contribution is 2.23. The lowest BCUT2D eigenvalue weighted by Crippen LogP contribution is -2.31. The molecule has 1 unspecified atom stereocenters. The van der Waals surface area contributed by atoms with Crippen LogP contribution in [0, 0.1) is 0 Å². The van der Waals surface area contributed by atoms with E-state index in [1.165, 1.54) is 0 Å². The van der Waals surface area contributed by atoms with Gasteiger partial charge in [-0.2, -0.15) is 0 Å². The molecule has 1 saturated heterocycles. The van der Waals surface area contributed by atoms with Gasteiger partial charge in [-0.05, 0) is 0 Å². The highest BCUT2D eigenvalue weighted by Gasteiger charge is 2.23. The summed E-state index contributed by atoms with van der Waals surface area (Å²) in [6.07, 6.45) is 0. The van der Waals surface area contributed by atoms with Crippen molar-refractivity contribution in [1.82, 2.24) is 10.2 Å². The zero-order valence-electron chi connectivity index (χ0n) is 7.25. The van der Waals surface area contributed by atoms with Crippen LogP contribution >= 0.6 is 24.0 Å². The van der Waals surface area contributed by atoms with Crippen LogP contribution in [0.15, 0.2) is 0 Å². The molecule has 1 atom stereocenters. The van der Waals surface area contributed by atoms with Gasteiger partial charge in [0.05, 0.1) is 0 Å². The minimum Gasteiger partial charge on any atom is -0.359 e. The summed E-state index contributed by atoms with van der Waals surface area (Å²) in [5.74, 6) is 0. The maximum Gasteiger partial charge on any atom is 0.136 e. The Morgan fingerprint density at radius 2 is 2.58 bits per heavy atom. The Morgan fingerprint density at radius 3 is 3.08 bits per heavy atom. The van der Waals surface area contributed by atoms with Crippen molar-refractivity contribution >= 4 is 28.3 Å². The van der Waals surface area contributed by atoms with E-state index in [4.69, 9.17) is 18.0 Å². The molecule has 0 aromatic carbocycles. The van der Waals surface area contributed by atoms with Gasteiger partial charge in [-0.3, -0.25) is 0 Å². The Morgan fingerprint density at radius 1 is 1.83 bits per heavy atom. The summed E-state index contributed by atoms with van der Waals surface area (Å²) >= 11 is 6.91. The first kappa shape index (κ1) is 10.2. The largest absolute Gasteiger partial charge is 0.359 e. The van der Waals surface area contributed by atoms with Gasteiger partial charge in [0, 0.05) is 38.5 Å². The topological polar surface area (TPSA) is 41.3 Å². The van der Waals surface area contributed by atoms with Gasteiger partial charge in [-0.15, -0.1) is 0 Å². The minimum atomic E-state index is 0.606. The van der Waals surface area contributed by atoms with Crippen molar-refractivity contribution in [3.05, 3.63) is 0 Å². The molecule has 5 heteroatoms. The SMILES string of the molecule is CN1CC(CNCCN)SC1=S. The predicted octanol–water partition coefficient (Wildman–Crippen LogP) is -0.133. The maximum atomic E-state index is 5.36. The van der Waals surface area contributed by atoms with E-state index in [1.807, 2.05) is 7.05 Å². The molecule has 3 N–H and O–H groups in total. The van der Waals surface area contributed by atoms with E-state index in [9.17, 15) is 0 Å². The Kier molecular flexibility index (Phi) is 4.28. The van der Waals surface area contributed by atoms with Crippen molar-refractivity contribution in [2.24, 2.45) is 5.73 Å². The summed E-state index contributed by atoms with van der Waals surface area (Å²) in [6.45, 7) is 3.67. The lowest BCUT2D eigenvalue weighted by molar-refractivity contribution is 0.513. The van der Waals surface area contributed by atoms with Crippen molar-refractivity contribution in [2.45, 2.75) is 5.25 Å². The molecule has 0 aliphatic carbocycles. The summed E-state index contributed by atoms with van der Waals surface area (Å²) in [7, 11) is 2.04. The zero-order chi connectivity index (χ0) is 8.97. The Bertz CT molecular complexity index is 163. The lowest BCUT2D eigenvalue weighted by atomic mass is 10.4. The second kappa shape index (κ2) is 5.01. The molecule has 0 aromatic rings. The predicted molar refractivity (Wildman–Crippen MR) is 58.5 cm³/mol. The van der Waals surface area contributed by atoms with E-state index in [1.54, 1.807) is 11.8 Å². The number of nitrogens with zero attached hydrogens (tertiary/aromatic N) is 1. The van der Waals surface area contributed by atoms with Crippen LogP contribution < -0.4 is 11.1 Å². The van der Waals surface area contributed by atoms with E-state index in [0.717, 1.165) is 24.0 Å². The fourth-order valence-corrected chi connectivity index (χ4v) is 2.64. The number of nitrogens with two attached hydrogens (primary N) is 1. The van der Waals surface area contributed by atoms with E-state index in [2.05, 4.69) is 10.2 Å². The summed E-state index contributed by atoms with van der Waals surface area (Å²) < 4.78 is 1.01. The number of rotatable bonds is 4. The molecule has 0 spiro atoms. The first-order valence-electron chi connectivity index (χ1n) is 4.06. The average molecular weight is 205 g/mol. The van der Waals surface area contributed by atoms with Gasteiger partial charge in [-0.25, -0.2) is 0 Å². The fraction of sp³-hybridized carbons (Fsp3) is 0.857. The summed E-state index contributed by atoms with van der Waals surface area (Å²) in [4.78, 5) is 2.12. The Balaban J connectivity index is 2.14.